The third kappa shape index (κ3) is 4.15. The van der Waals surface area contributed by atoms with Gasteiger partial charge in [-0.1, -0.05) is 32.4 Å². The number of carboxylic acid groups (broad SMARTS) is 1. The number of aliphatic carboxylic acids is 1. The molecule has 0 spiro atoms. The largest absolute Gasteiger partial charge is 0.481 e. The first kappa shape index (κ1) is 21.0. The molecule has 2 fully saturated rings. The van der Waals surface area contributed by atoms with Crippen LogP contribution in [-0.4, -0.2) is 23.7 Å². The standard InChI is InChI=1S/C22H36O4/c1-15(11-14-26-17(3)23)7-9-18-16(2)8-10-19-21(18,4)12-6-13-22(19,5)20(24)25/h15,18-19H,2,6-14H2,1,3-5H3,(H,24,25)/t15?,18-,19?,21+,22-/m1/s1. The van der Waals surface area contributed by atoms with E-state index in [0.29, 0.717) is 18.4 Å². The van der Waals surface area contributed by atoms with Crippen LogP contribution in [0.5, 0.6) is 0 Å². The maximum atomic E-state index is 12.0. The summed E-state index contributed by atoms with van der Waals surface area (Å²) in [6, 6.07) is 0. The Morgan fingerprint density at radius 3 is 2.62 bits per heavy atom. The highest BCUT2D eigenvalue weighted by Gasteiger charge is 2.57. The average Bonchev–Trinajstić information content (AvgIpc) is 2.53. The van der Waals surface area contributed by atoms with Crippen molar-refractivity contribution in [1.29, 1.82) is 0 Å². The van der Waals surface area contributed by atoms with Crippen LogP contribution in [0, 0.1) is 28.6 Å². The zero-order valence-corrected chi connectivity index (χ0v) is 17.0. The number of allylic oxidation sites excluding steroid dienone is 1. The Morgan fingerprint density at radius 2 is 2.00 bits per heavy atom. The molecule has 4 heteroatoms. The molecule has 0 amide bonds. The minimum Gasteiger partial charge on any atom is -0.481 e. The number of esters is 1. The molecule has 0 radical (unpaired) electrons. The predicted molar refractivity (Wildman–Crippen MR) is 103 cm³/mol. The lowest BCUT2D eigenvalue weighted by molar-refractivity contribution is -0.164. The summed E-state index contributed by atoms with van der Waals surface area (Å²) in [6.07, 6.45) is 7.80. The number of carboxylic acids is 1. The van der Waals surface area contributed by atoms with Crippen LogP contribution < -0.4 is 0 Å². The molecule has 2 unspecified atom stereocenters. The van der Waals surface area contributed by atoms with Gasteiger partial charge in [-0.25, -0.2) is 0 Å². The highest BCUT2D eigenvalue weighted by molar-refractivity contribution is 5.75. The summed E-state index contributed by atoms with van der Waals surface area (Å²) in [6.45, 7) is 12.8. The van der Waals surface area contributed by atoms with E-state index in [-0.39, 0.29) is 17.3 Å². The van der Waals surface area contributed by atoms with Crippen molar-refractivity contribution in [2.75, 3.05) is 6.61 Å². The summed E-state index contributed by atoms with van der Waals surface area (Å²) < 4.78 is 5.06. The zero-order valence-electron chi connectivity index (χ0n) is 17.0. The van der Waals surface area contributed by atoms with Gasteiger partial charge in [0.2, 0.25) is 0 Å². The van der Waals surface area contributed by atoms with Gasteiger partial charge in [-0.05, 0) is 75.0 Å². The maximum absolute atomic E-state index is 12.0. The van der Waals surface area contributed by atoms with Crippen molar-refractivity contribution in [2.24, 2.45) is 28.6 Å². The van der Waals surface area contributed by atoms with E-state index >= 15 is 0 Å². The summed E-state index contributed by atoms with van der Waals surface area (Å²) in [7, 11) is 0. The Balaban J connectivity index is 2.06. The Kier molecular flexibility index (Phi) is 6.57. The fourth-order valence-corrected chi connectivity index (χ4v) is 5.74. The van der Waals surface area contributed by atoms with Gasteiger partial charge in [0.25, 0.3) is 0 Å². The van der Waals surface area contributed by atoms with E-state index in [4.69, 9.17) is 4.74 Å². The van der Waals surface area contributed by atoms with Crippen LogP contribution in [0.2, 0.25) is 0 Å². The number of fused-ring (bicyclic) bond motifs is 1. The van der Waals surface area contributed by atoms with Gasteiger partial charge in [-0.3, -0.25) is 9.59 Å². The summed E-state index contributed by atoms with van der Waals surface area (Å²) in [4.78, 5) is 22.9. The van der Waals surface area contributed by atoms with Gasteiger partial charge in [-0.15, -0.1) is 0 Å². The van der Waals surface area contributed by atoms with Gasteiger partial charge < -0.3 is 9.84 Å². The van der Waals surface area contributed by atoms with Crippen LogP contribution in [0.15, 0.2) is 12.2 Å². The highest BCUT2D eigenvalue weighted by atomic mass is 16.5. The van der Waals surface area contributed by atoms with Crippen LogP contribution >= 0.6 is 0 Å². The van der Waals surface area contributed by atoms with Gasteiger partial charge in [0, 0.05) is 6.92 Å². The molecule has 5 atom stereocenters. The molecule has 0 aliphatic heterocycles. The molecule has 2 aliphatic carbocycles. The number of hydrogen-bond donors (Lipinski definition) is 1. The van der Waals surface area contributed by atoms with Gasteiger partial charge >= 0.3 is 11.9 Å². The summed E-state index contributed by atoms with van der Waals surface area (Å²) in [5.41, 5.74) is 0.744. The van der Waals surface area contributed by atoms with Crippen LogP contribution in [0.3, 0.4) is 0 Å². The Morgan fingerprint density at radius 1 is 1.31 bits per heavy atom. The van der Waals surface area contributed by atoms with Crippen molar-refractivity contribution in [2.45, 2.75) is 79.1 Å². The lowest BCUT2D eigenvalue weighted by Gasteiger charge is -2.57. The first-order valence-corrected chi connectivity index (χ1v) is 10.2. The average molecular weight is 365 g/mol. The van der Waals surface area contributed by atoms with Gasteiger partial charge in [0.1, 0.15) is 0 Å². The van der Waals surface area contributed by atoms with Crippen molar-refractivity contribution in [3.8, 4) is 0 Å². The molecule has 0 aromatic heterocycles. The number of carbonyl (C=O) groups excluding carboxylic acids is 1. The van der Waals surface area contributed by atoms with Gasteiger partial charge in [-0.2, -0.15) is 0 Å². The minimum absolute atomic E-state index is 0.0380. The fraction of sp³-hybridized carbons (Fsp3) is 0.818. The molecule has 0 bridgehead atoms. The zero-order chi connectivity index (χ0) is 19.5. The van der Waals surface area contributed by atoms with Crippen molar-refractivity contribution >= 4 is 11.9 Å². The Bertz CT molecular complexity index is 554. The number of carbonyl (C=O) groups is 2. The molecule has 0 saturated heterocycles. The van der Waals surface area contributed by atoms with E-state index in [1.54, 1.807) is 0 Å². The molecule has 0 heterocycles. The fourth-order valence-electron chi connectivity index (χ4n) is 5.74. The van der Waals surface area contributed by atoms with Crippen LogP contribution in [0.4, 0.5) is 0 Å². The summed E-state index contributed by atoms with van der Waals surface area (Å²) in [5, 5.41) is 9.90. The van der Waals surface area contributed by atoms with Crippen molar-refractivity contribution in [3.05, 3.63) is 12.2 Å². The third-order valence-electron chi connectivity index (χ3n) is 7.37. The first-order chi connectivity index (χ1) is 12.1. The summed E-state index contributed by atoms with van der Waals surface area (Å²) in [5.74, 6) is 0.267. The lowest BCUT2D eigenvalue weighted by Crippen LogP contribution is -2.53. The van der Waals surface area contributed by atoms with Crippen LogP contribution in [0.25, 0.3) is 0 Å². The molecule has 2 aliphatic rings. The van der Waals surface area contributed by atoms with Crippen LogP contribution in [-0.2, 0) is 14.3 Å². The molecule has 0 aromatic carbocycles. The van der Waals surface area contributed by atoms with Crippen molar-refractivity contribution < 1.29 is 19.4 Å². The smallest absolute Gasteiger partial charge is 0.309 e. The first-order valence-electron chi connectivity index (χ1n) is 10.2. The summed E-state index contributed by atoms with van der Waals surface area (Å²) >= 11 is 0. The minimum atomic E-state index is -0.630. The molecular formula is C22H36O4. The highest BCUT2D eigenvalue weighted by Crippen LogP contribution is 2.62. The number of ether oxygens (including phenoxy) is 1. The second kappa shape index (κ2) is 8.14. The Hall–Kier alpha value is -1.32. The molecule has 4 nitrogen and oxygen atoms in total. The van der Waals surface area contributed by atoms with Crippen molar-refractivity contribution in [3.63, 3.8) is 0 Å². The molecular weight excluding hydrogens is 328 g/mol. The quantitative estimate of drug-likeness (QED) is 0.497. The van der Waals surface area contributed by atoms with E-state index in [1.165, 1.54) is 12.5 Å². The second-order valence-corrected chi connectivity index (χ2v) is 9.20. The monoisotopic (exact) mass is 364 g/mol. The molecule has 26 heavy (non-hydrogen) atoms. The number of rotatable bonds is 7. The van der Waals surface area contributed by atoms with Gasteiger partial charge in [0.05, 0.1) is 12.0 Å². The number of hydrogen-bond acceptors (Lipinski definition) is 3. The van der Waals surface area contributed by atoms with E-state index < -0.39 is 11.4 Å². The van der Waals surface area contributed by atoms with E-state index in [1.807, 2.05) is 6.92 Å². The topological polar surface area (TPSA) is 63.6 Å². The van der Waals surface area contributed by atoms with E-state index in [9.17, 15) is 14.7 Å². The van der Waals surface area contributed by atoms with E-state index in [0.717, 1.165) is 51.4 Å². The molecule has 0 aromatic rings. The molecule has 2 saturated carbocycles. The van der Waals surface area contributed by atoms with Crippen molar-refractivity contribution in [1.82, 2.24) is 0 Å². The second-order valence-electron chi connectivity index (χ2n) is 9.20. The Labute approximate surface area is 158 Å². The van der Waals surface area contributed by atoms with Crippen LogP contribution in [0.1, 0.15) is 79.1 Å². The maximum Gasteiger partial charge on any atom is 0.309 e. The van der Waals surface area contributed by atoms with Gasteiger partial charge in [0.15, 0.2) is 0 Å². The third-order valence-corrected chi connectivity index (χ3v) is 7.37. The SMILES string of the molecule is C=C1CCC2[C@](C)(C(=O)O)CCC[C@@]2(C)[C@@H]1CCC(C)CCOC(C)=O. The van der Waals surface area contributed by atoms with E-state index in [2.05, 4.69) is 20.4 Å². The normalized spacial score (nSPS) is 35.5. The predicted octanol–water partition coefficient (Wildman–Crippen LogP) is 5.22. The molecule has 148 valence electrons. The molecule has 2 rings (SSSR count). The molecule has 1 N–H and O–H groups in total. The lowest BCUT2D eigenvalue weighted by atomic mass is 9.46.